The second-order valence-corrected chi connectivity index (χ2v) is 5.03. The van der Waals surface area contributed by atoms with Gasteiger partial charge >= 0.3 is 6.09 Å². The van der Waals surface area contributed by atoms with Gasteiger partial charge in [0.1, 0.15) is 6.61 Å². The van der Waals surface area contributed by atoms with E-state index in [9.17, 15) is 4.79 Å². The summed E-state index contributed by atoms with van der Waals surface area (Å²) in [5, 5.41) is 10.7. The first-order valence-corrected chi connectivity index (χ1v) is 7.36. The van der Waals surface area contributed by atoms with Crippen molar-refractivity contribution in [3.8, 4) is 0 Å². The first kappa shape index (κ1) is 14.8. The zero-order chi connectivity index (χ0) is 15.9. The van der Waals surface area contributed by atoms with Crippen molar-refractivity contribution in [1.29, 1.82) is 0 Å². The average Bonchev–Trinajstić information content (AvgIpc) is 3.07. The van der Waals surface area contributed by atoms with Gasteiger partial charge in [0.25, 0.3) is 0 Å². The number of benzene rings is 2. The number of rotatable bonds is 5. The number of hydrogen-bond acceptors (Lipinski definition) is 3. The van der Waals surface area contributed by atoms with E-state index in [1.54, 1.807) is 6.20 Å². The third kappa shape index (κ3) is 3.97. The highest BCUT2D eigenvalue weighted by Crippen LogP contribution is 2.16. The summed E-state index contributed by atoms with van der Waals surface area (Å²) in [4.78, 5) is 11.6. The van der Waals surface area contributed by atoms with Gasteiger partial charge in [-0.15, -0.1) is 0 Å². The quantitative estimate of drug-likeness (QED) is 0.758. The van der Waals surface area contributed by atoms with Gasteiger partial charge in [-0.05, 0) is 11.1 Å². The summed E-state index contributed by atoms with van der Waals surface area (Å²) in [5.41, 5.74) is 2.97. The molecule has 0 atom stereocenters. The van der Waals surface area contributed by atoms with Gasteiger partial charge in [0.2, 0.25) is 0 Å². The fourth-order valence-electron chi connectivity index (χ4n) is 2.23. The lowest BCUT2D eigenvalue weighted by Gasteiger charge is -2.05. The van der Waals surface area contributed by atoms with E-state index < -0.39 is 6.09 Å². The molecule has 1 amide bonds. The number of fused-ring (bicyclic) bond motifs is 1. The number of alkyl carbamates (subject to hydrolysis) is 1. The number of aromatic nitrogens is 2. The topological polar surface area (TPSA) is 67.0 Å². The lowest BCUT2D eigenvalue weighted by Crippen LogP contribution is -2.24. The molecule has 2 aromatic carbocycles. The predicted molar refractivity (Wildman–Crippen MR) is 89.8 cm³/mol. The molecule has 0 unspecified atom stereocenters. The van der Waals surface area contributed by atoms with Crippen LogP contribution < -0.4 is 5.32 Å². The molecule has 1 heterocycles. The molecular weight excluding hydrogens is 290 g/mol. The molecule has 5 nitrogen and oxygen atoms in total. The maximum atomic E-state index is 11.6. The standard InChI is InChI=1S/C18H17N3O2/c22-18(23-13-14-6-2-1-3-7-14)19-11-5-10-15-8-4-9-16-12-20-21-17(15)16/h1-10,12H,11,13H2,(H,19,22)(H,20,21). The molecule has 0 spiro atoms. The third-order valence-corrected chi connectivity index (χ3v) is 3.38. The van der Waals surface area contributed by atoms with E-state index in [4.69, 9.17) is 4.74 Å². The van der Waals surface area contributed by atoms with Crippen LogP contribution in [0.1, 0.15) is 11.1 Å². The smallest absolute Gasteiger partial charge is 0.407 e. The number of aromatic amines is 1. The highest BCUT2D eigenvalue weighted by atomic mass is 16.5. The molecule has 0 fully saturated rings. The molecule has 0 bridgehead atoms. The summed E-state index contributed by atoms with van der Waals surface area (Å²) in [6.45, 7) is 0.669. The molecule has 116 valence electrons. The van der Waals surface area contributed by atoms with Crippen LogP contribution in [0.15, 0.2) is 60.8 Å². The Morgan fingerprint density at radius 2 is 2.04 bits per heavy atom. The summed E-state index contributed by atoms with van der Waals surface area (Å²) in [7, 11) is 0. The second kappa shape index (κ2) is 7.26. The van der Waals surface area contributed by atoms with Crippen molar-refractivity contribution in [3.63, 3.8) is 0 Å². The van der Waals surface area contributed by atoms with Gasteiger partial charge in [0.05, 0.1) is 11.7 Å². The van der Waals surface area contributed by atoms with Crippen molar-refractivity contribution < 1.29 is 9.53 Å². The lowest BCUT2D eigenvalue weighted by atomic mass is 10.1. The van der Waals surface area contributed by atoms with Crippen molar-refractivity contribution in [2.24, 2.45) is 0 Å². The molecule has 5 heteroatoms. The third-order valence-electron chi connectivity index (χ3n) is 3.38. The van der Waals surface area contributed by atoms with Gasteiger partial charge in [0.15, 0.2) is 0 Å². The maximum absolute atomic E-state index is 11.6. The van der Waals surface area contributed by atoms with Crippen molar-refractivity contribution >= 4 is 23.1 Å². The molecule has 23 heavy (non-hydrogen) atoms. The van der Waals surface area contributed by atoms with Crippen LogP contribution in [0, 0.1) is 0 Å². The van der Waals surface area contributed by atoms with E-state index in [1.165, 1.54) is 0 Å². The molecule has 0 aliphatic rings. The molecule has 2 N–H and O–H groups in total. The number of carbonyl (C=O) groups excluding carboxylic acids is 1. The minimum atomic E-state index is -0.432. The van der Waals surface area contributed by atoms with Crippen LogP contribution in [0.25, 0.3) is 17.0 Å². The van der Waals surface area contributed by atoms with E-state index >= 15 is 0 Å². The Kier molecular flexibility index (Phi) is 4.69. The molecule has 0 saturated carbocycles. The summed E-state index contributed by atoms with van der Waals surface area (Å²) in [5.74, 6) is 0. The van der Waals surface area contributed by atoms with Gasteiger partial charge < -0.3 is 10.1 Å². The normalized spacial score (nSPS) is 11.0. The van der Waals surface area contributed by atoms with Crippen LogP contribution in [0.2, 0.25) is 0 Å². The molecule has 3 rings (SSSR count). The van der Waals surface area contributed by atoms with Crippen LogP contribution in [-0.4, -0.2) is 22.8 Å². The van der Waals surface area contributed by atoms with E-state index in [1.807, 2.05) is 60.7 Å². The Morgan fingerprint density at radius 1 is 1.17 bits per heavy atom. The second-order valence-electron chi connectivity index (χ2n) is 5.03. The van der Waals surface area contributed by atoms with Gasteiger partial charge in [-0.1, -0.05) is 60.7 Å². The average molecular weight is 307 g/mol. The zero-order valence-electron chi connectivity index (χ0n) is 12.5. The Bertz CT molecular complexity index is 809. The van der Waals surface area contributed by atoms with E-state index in [-0.39, 0.29) is 6.61 Å². The van der Waals surface area contributed by atoms with E-state index in [0.717, 1.165) is 22.0 Å². The summed E-state index contributed by atoms with van der Waals surface area (Å²) in [6.07, 6.45) is 5.17. The number of hydrogen-bond donors (Lipinski definition) is 2. The number of H-pyrrole nitrogens is 1. The number of nitrogens with zero attached hydrogens (tertiary/aromatic N) is 1. The van der Waals surface area contributed by atoms with Gasteiger partial charge in [-0.3, -0.25) is 5.10 Å². The fraction of sp³-hybridized carbons (Fsp3) is 0.111. The van der Waals surface area contributed by atoms with Crippen LogP contribution in [-0.2, 0) is 11.3 Å². The van der Waals surface area contributed by atoms with Crippen molar-refractivity contribution in [2.75, 3.05) is 6.54 Å². The highest BCUT2D eigenvalue weighted by Gasteiger charge is 2.01. The molecule has 0 radical (unpaired) electrons. The van der Waals surface area contributed by atoms with E-state index in [0.29, 0.717) is 6.54 Å². The molecular formula is C18H17N3O2. The number of amides is 1. The van der Waals surface area contributed by atoms with Crippen LogP contribution in [0.5, 0.6) is 0 Å². The molecule has 0 saturated heterocycles. The maximum Gasteiger partial charge on any atom is 0.407 e. The Hall–Kier alpha value is -3.08. The summed E-state index contributed by atoms with van der Waals surface area (Å²) in [6, 6.07) is 15.5. The fourth-order valence-corrected chi connectivity index (χ4v) is 2.23. The minimum absolute atomic E-state index is 0.268. The lowest BCUT2D eigenvalue weighted by molar-refractivity contribution is 0.141. The Morgan fingerprint density at radius 3 is 2.91 bits per heavy atom. The number of carbonyl (C=O) groups is 1. The molecule has 0 aliphatic carbocycles. The highest BCUT2D eigenvalue weighted by molar-refractivity contribution is 5.86. The van der Waals surface area contributed by atoms with Crippen molar-refractivity contribution in [2.45, 2.75) is 6.61 Å². The SMILES string of the molecule is O=C(NCC=Cc1cccc2cn[nH]c12)OCc1ccccc1. The first-order chi connectivity index (χ1) is 11.3. The number of para-hydroxylation sites is 1. The van der Waals surface area contributed by atoms with Gasteiger partial charge in [0, 0.05) is 11.9 Å². The summed E-state index contributed by atoms with van der Waals surface area (Å²) >= 11 is 0. The molecule has 0 aliphatic heterocycles. The largest absolute Gasteiger partial charge is 0.445 e. The minimum Gasteiger partial charge on any atom is -0.445 e. The predicted octanol–water partition coefficient (Wildman–Crippen LogP) is 3.50. The van der Waals surface area contributed by atoms with Crippen molar-refractivity contribution in [3.05, 3.63) is 71.9 Å². The monoisotopic (exact) mass is 307 g/mol. The Balaban J connectivity index is 1.47. The zero-order valence-corrected chi connectivity index (χ0v) is 12.5. The van der Waals surface area contributed by atoms with Crippen LogP contribution in [0.3, 0.4) is 0 Å². The molecule has 3 aromatic rings. The first-order valence-electron chi connectivity index (χ1n) is 7.36. The number of ether oxygens (including phenoxy) is 1. The van der Waals surface area contributed by atoms with Crippen molar-refractivity contribution in [1.82, 2.24) is 15.5 Å². The van der Waals surface area contributed by atoms with Gasteiger partial charge in [-0.2, -0.15) is 5.10 Å². The van der Waals surface area contributed by atoms with E-state index in [2.05, 4.69) is 15.5 Å². The van der Waals surface area contributed by atoms with Crippen LogP contribution >= 0.6 is 0 Å². The van der Waals surface area contributed by atoms with Crippen LogP contribution in [0.4, 0.5) is 4.79 Å². The Labute approximate surface area is 134 Å². The molecule has 1 aromatic heterocycles. The number of nitrogens with one attached hydrogen (secondary N) is 2. The van der Waals surface area contributed by atoms with Gasteiger partial charge in [-0.25, -0.2) is 4.79 Å². The summed E-state index contributed by atoms with van der Waals surface area (Å²) < 4.78 is 5.14.